The molecule has 1 N–H and O–H groups in total. The minimum Gasteiger partial charge on any atom is -0.351 e. The van der Waals surface area contributed by atoms with Gasteiger partial charge < -0.3 is 10.2 Å². The Balaban J connectivity index is 1.61. The standard InChI is InChI=1S/C21H25BrN2O/c1-24(2)14-18(11-15-7-4-3-5-8-15)23-21(25)20-13-19(20)16-9-6-10-17(22)12-16/h3-10,12,18-20H,11,13-14H2,1-2H3,(H,23,25). The molecule has 0 spiro atoms. The number of nitrogens with one attached hydrogen (secondary N) is 1. The first-order valence-electron chi connectivity index (χ1n) is 8.77. The van der Waals surface area contributed by atoms with Crippen LogP contribution in [0.3, 0.4) is 0 Å². The van der Waals surface area contributed by atoms with Gasteiger partial charge in [0.05, 0.1) is 0 Å². The molecule has 1 fully saturated rings. The number of hydrogen-bond donors (Lipinski definition) is 1. The summed E-state index contributed by atoms with van der Waals surface area (Å²) in [5.41, 5.74) is 2.51. The molecule has 2 aromatic rings. The highest BCUT2D eigenvalue weighted by atomic mass is 79.9. The van der Waals surface area contributed by atoms with Gasteiger partial charge in [0.25, 0.3) is 0 Å². The third kappa shape index (κ3) is 5.16. The fourth-order valence-electron chi connectivity index (χ4n) is 3.40. The van der Waals surface area contributed by atoms with E-state index in [1.807, 2.05) is 44.4 Å². The van der Waals surface area contributed by atoms with Crippen LogP contribution in [0.5, 0.6) is 0 Å². The van der Waals surface area contributed by atoms with E-state index in [9.17, 15) is 4.79 Å². The smallest absolute Gasteiger partial charge is 0.224 e. The molecule has 0 saturated heterocycles. The van der Waals surface area contributed by atoms with Crippen LogP contribution in [0.4, 0.5) is 0 Å². The Bertz CT molecular complexity index is 717. The number of amides is 1. The largest absolute Gasteiger partial charge is 0.351 e. The second kappa shape index (κ2) is 8.15. The number of carbonyl (C=O) groups excluding carboxylic acids is 1. The van der Waals surface area contributed by atoms with Crippen LogP contribution in [0, 0.1) is 5.92 Å². The molecule has 3 atom stereocenters. The highest BCUT2D eigenvalue weighted by Gasteiger charge is 2.44. The van der Waals surface area contributed by atoms with Crippen LogP contribution in [-0.4, -0.2) is 37.5 Å². The highest BCUT2D eigenvalue weighted by Crippen LogP contribution is 2.48. The van der Waals surface area contributed by atoms with Crippen molar-refractivity contribution < 1.29 is 4.79 Å². The van der Waals surface area contributed by atoms with Gasteiger partial charge in [-0.3, -0.25) is 4.79 Å². The van der Waals surface area contributed by atoms with Crippen molar-refractivity contribution in [1.82, 2.24) is 10.2 Å². The Hall–Kier alpha value is -1.65. The number of halogens is 1. The van der Waals surface area contributed by atoms with E-state index in [1.165, 1.54) is 11.1 Å². The van der Waals surface area contributed by atoms with Gasteiger partial charge in [0.1, 0.15) is 0 Å². The first-order valence-corrected chi connectivity index (χ1v) is 9.56. The molecule has 0 aromatic heterocycles. The van der Waals surface area contributed by atoms with Crippen LogP contribution in [0.15, 0.2) is 59.1 Å². The molecule has 2 aromatic carbocycles. The van der Waals surface area contributed by atoms with Crippen LogP contribution < -0.4 is 5.32 Å². The molecular weight excluding hydrogens is 376 g/mol. The summed E-state index contributed by atoms with van der Waals surface area (Å²) in [6, 6.07) is 18.8. The third-order valence-corrected chi connectivity index (χ3v) is 5.15. The minimum absolute atomic E-state index is 0.106. The zero-order chi connectivity index (χ0) is 17.8. The second-order valence-electron chi connectivity index (χ2n) is 7.16. The van der Waals surface area contributed by atoms with Crippen LogP contribution >= 0.6 is 15.9 Å². The summed E-state index contributed by atoms with van der Waals surface area (Å²) in [5.74, 6) is 0.650. The fraction of sp³-hybridized carbons (Fsp3) is 0.381. The Labute approximate surface area is 158 Å². The first-order chi connectivity index (χ1) is 12.0. The molecule has 0 radical (unpaired) electrons. The molecule has 1 amide bonds. The average Bonchev–Trinajstić information content (AvgIpc) is 3.36. The lowest BCUT2D eigenvalue weighted by molar-refractivity contribution is -0.123. The van der Waals surface area contributed by atoms with Gasteiger partial charge >= 0.3 is 0 Å². The van der Waals surface area contributed by atoms with Crippen molar-refractivity contribution in [1.29, 1.82) is 0 Å². The molecule has 4 heteroatoms. The minimum atomic E-state index is 0.106. The van der Waals surface area contributed by atoms with E-state index >= 15 is 0 Å². The van der Waals surface area contributed by atoms with Gasteiger partial charge in [-0.2, -0.15) is 0 Å². The molecule has 132 valence electrons. The fourth-order valence-corrected chi connectivity index (χ4v) is 3.82. The molecule has 3 rings (SSSR count). The molecule has 0 heterocycles. The Morgan fingerprint density at radius 3 is 2.64 bits per heavy atom. The Morgan fingerprint density at radius 1 is 1.20 bits per heavy atom. The monoisotopic (exact) mass is 400 g/mol. The normalized spacial score (nSPS) is 20.3. The zero-order valence-corrected chi connectivity index (χ0v) is 16.4. The lowest BCUT2D eigenvalue weighted by atomic mass is 10.0. The zero-order valence-electron chi connectivity index (χ0n) is 14.8. The van der Waals surface area contributed by atoms with Gasteiger partial charge in [0, 0.05) is 23.0 Å². The summed E-state index contributed by atoms with van der Waals surface area (Å²) in [7, 11) is 4.09. The molecule has 0 aliphatic heterocycles. The van der Waals surface area contributed by atoms with E-state index in [-0.39, 0.29) is 17.9 Å². The molecular formula is C21H25BrN2O. The lowest BCUT2D eigenvalue weighted by Gasteiger charge is -2.22. The quantitative estimate of drug-likeness (QED) is 0.765. The molecule has 0 bridgehead atoms. The number of likely N-dealkylation sites (N-methyl/N-ethyl adjacent to an activating group) is 1. The summed E-state index contributed by atoms with van der Waals surface area (Å²) in [6.45, 7) is 0.842. The van der Waals surface area contributed by atoms with E-state index in [0.29, 0.717) is 5.92 Å². The van der Waals surface area contributed by atoms with Gasteiger partial charge in [-0.1, -0.05) is 58.4 Å². The maximum Gasteiger partial charge on any atom is 0.224 e. The molecule has 1 aliphatic carbocycles. The van der Waals surface area contributed by atoms with Crippen LogP contribution in [0.25, 0.3) is 0 Å². The first kappa shape index (κ1) is 18.2. The predicted octanol–water partition coefficient (Wildman–Crippen LogP) is 3.84. The van der Waals surface area contributed by atoms with E-state index in [0.717, 1.165) is 23.9 Å². The maximum absolute atomic E-state index is 12.7. The number of carbonyl (C=O) groups is 1. The molecule has 3 unspecified atom stereocenters. The predicted molar refractivity (Wildman–Crippen MR) is 106 cm³/mol. The lowest BCUT2D eigenvalue weighted by Crippen LogP contribution is -2.43. The number of benzene rings is 2. The van der Waals surface area contributed by atoms with E-state index in [4.69, 9.17) is 0 Å². The average molecular weight is 401 g/mol. The highest BCUT2D eigenvalue weighted by molar-refractivity contribution is 9.10. The van der Waals surface area contributed by atoms with Crippen LogP contribution in [0.1, 0.15) is 23.5 Å². The summed E-state index contributed by atoms with van der Waals surface area (Å²) in [4.78, 5) is 14.8. The maximum atomic E-state index is 12.7. The van der Waals surface area contributed by atoms with Crippen molar-refractivity contribution in [2.24, 2.45) is 5.92 Å². The number of rotatable bonds is 7. The molecule has 25 heavy (non-hydrogen) atoms. The van der Waals surface area contributed by atoms with Crippen LogP contribution in [0.2, 0.25) is 0 Å². The van der Waals surface area contributed by atoms with E-state index in [1.54, 1.807) is 0 Å². The van der Waals surface area contributed by atoms with Crippen molar-refractivity contribution in [3.05, 3.63) is 70.2 Å². The summed E-state index contributed by atoms with van der Waals surface area (Å²) in [6.07, 6.45) is 1.81. The summed E-state index contributed by atoms with van der Waals surface area (Å²) < 4.78 is 1.07. The van der Waals surface area contributed by atoms with Gasteiger partial charge in [0.15, 0.2) is 0 Å². The Morgan fingerprint density at radius 2 is 1.96 bits per heavy atom. The van der Waals surface area contributed by atoms with Crippen LogP contribution in [-0.2, 0) is 11.2 Å². The van der Waals surface area contributed by atoms with Crippen molar-refractivity contribution in [2.45, 2.75) is 24.8 Å². The van der Waals surface area contributed by atoms with Gasteiger partial charge in [-0.15, -0.1) is 0 Å². The van der Waals surface area contributed by atoms with Crippen molar-refractivity contribution >= 4 is 21.8 Å². The topological polar surface area (TPSA) is 32.3 Å². The van der Waals surface area contributed by atoms with E-state index in [2.05, 4.69) is 50.4 Å². The van der Waals surface area contributed by atoms with E-state index < -0.39 is 0 Å². The van der Waals surface area contributed by atoms with Crippen molar-refractivity contribution in [3.63, 3.8) is 0 Å². The third-order valence-electron chi connectivity index (χ3n) is 4.66. The number of hydrogen-bond acceptors (Lipinski definition) is 2. The van der Waals surface area contributed by atoms with Gasteiger partial charge in [0.2, 0.25) is 5.91 Å². The second-order valence-corrected chi connectivity index (χ2v) is 8.08. The molecule has 3 nitrogen and oxygen atoms in total. The summed E-state index contributed by atoms with van der Waals surface area (Å²) in [5, 5.41) is 3.28. The molecule has 1 aliphatic rings. The van der Waals surface area contributed by atoms with Gasteiger partial charge in [-0.05, 0) is 56.1 Å². The Kier molecular flexibility index (Phi) is 5.92. The summed E-state index contributed by atoms with van der Waals surface area (Å²) >= 11 is 3.51. The van der Waals surface area contributed by atoms with Crippen molar-refractivity contribution in [3.8, 4) is 0 Å². The molecule has 1 saturated carbocycles. The van der Waals surface area contributed by atoms with Crippen molar-refractivity contribution in [2.75, 3.05) is 20.6 Å². The SMILES string of the molecule is CN(C)CC(Cc1ccccc1)NC(=O)C1CC1c1cccc(Br)c1. The van der Waals surface area contributed by atoms with Gasteiger partial charge in [-0.25, -0.2) is 0 Å². The number of nitrogens with zero attached hydrogens (tertiary/aromatic N) is 1.